The third-order valence-corrected chi connectivity index (χ3v) is 3.65. The second kappa shape index (κ2) is 5.38. The van der Waals surface area contributed by atoms with Crippen molar-refractivity contribution in [1.29, 1.82) is 0 Å². The van der Waals surface area contributed by atoms with E-state index in [1.54, 1.807) is 0 Å². The minimum atomic E-state index is 0.316. The van der Waals surface area contributed by atoms with Crippen molar-refractivity contribution in [1.82, 2.24) is 4.90 Å². The van der Waals surface area contributed by atoms with Crippen LogP contribution in [-0.2, 0) is 11.3 Å². The zero-order valence-electron chi connectivity index (χ0n) is 10.3. The summed E-state index contributed by atoms with van der Waals surface area (Å²) in [5, 5.41) is 0. The Morgan fingerprint density at radius 3 is 2.59 bits per heavy atom. The lowest BCUT2D eigenvalue weighted by molar-refractivity contribution is -0.0704. The molecule has 2 rings (SSSR count). The molecule has 0 spiro atoms. The van der Waals surface area contributed by atoms with Gasteiger partial charge in [-0.05, 0) is 47.5 Å². The average Bonchev–Trinajstić information content (AvgIpc) is 2.22. The van der Waals surface area contributed by atoms with Gasteiger partial charge in [-0.2, -0.15) is 0 Å². The quantitative estimate of drug-likeness (QED) is 0.853. The van der Waals surface area contributed by atoms with E-state index in [-0.39, 0.29) is 0 Å². The summed E-state index contributed by atoms with van der Waals surface area (Å²) >= 11 is 3.47. The highest BCUT2D eigenvalue weighted by Gasteiger charge is 2.21. The van der Waals surface area contributed by atoms with Crippen LogP contribution in [-0.4, -0.2) is 30.2 Å². The van der Waals surface area contributed by atoms with E-state index in [4.69, 9.17) is 10.5 Å². The van der Waals surface area contributed by atoms with Crippen LogP contribution in [0.1, 0.15) is 19.4 Å². The van der Waals surface area contributed by atoms with Crippen LogP contribution >= 0.6 is 15.9 Å². The van der Waals surface area contributed by atoms with Crippen LogP contribution in [0, 0.1) is 0 Å². The lowest BCUT2D eigenvalue weighted by Gasteiger charge is -2.35. The van der Waals surface area contributed by atoms with Crippen LogP contribution in [0.4, 0.5) is 5.69 Å². The Hall–Kier alpha value is -0.580. The molecular formula is C13H19BrN2O. The maximum atomic E-state index is 5.79. The average molecular weight is 299 g/mol. The Morgan fingerprint density at radius 1 is 1.35 bits per heavy atom. The Balaban J connectivity index is 2.02. The van der Waals surface area contributed by atoms with Crippen molar-refractivity contribution in [2.24, 2.45) is 0 Å². The van der Waals surface area contributed by atoms with E-state index >= 15 is 0 Å². The molecule has 4 heteroatoms. The van der Waals surface area contributed by atoms with Crippen LogP contribution < -0.4 is 5.73 Å². The lowest BCUT2D eigenvalue weighted by Crippen LogP contribution is -2.44. The standard InChI is InChI=1S/C13H19BrN2O/c1-9-6-16(7-10(2)17-9)8-11-3-4-13(15)12(14)5-11/h3-5,9-10H,6-8,15H2,1-2H3/t9-,10+. The van der Waals surface area contributed by atoms with E-state index in [9.17, 15) is 0 Å². The summed E-state index contributed by atoms with van der Waals surface area (Å²) in [5.74, 6) is 0. The molecule has 1 heterocycles. The first-order valence-electron chi connectivity index (χ1n) is 5.96. The van der Waals surface area contributed by atoms with Gasteiger partial charge in [0.1, 0.15) is 0 Å². The smallest absolute Gasteiger partial charge is 0.0678 e. The van der Waals surface area contributed by atoms with Gasteiger partial charge < -0.3 is 10.5 Å². The van der Waals surface area contributed by atoms with Crippen molar-refractivity contribution in [2.45, 2.75) is 32.6 Å². The molecule has 2 atom stereocenters. The minimum Gasteiger partial charge on any atom is -0.398 e. The molecule has 2 N–H and O–H groups in total. The van der Waals surface area contributed by atoms with Crippen molar-refractivity contribution >= 4 is 21.6 Å². The molecule has 0 amide bonds. The molecule has 94 valence electrons. The molecular weight excluding hydrogens is 280 g/mol. The first kappa shape index (κ1) is 12.9. The lowest BCUT2D eigenvalue weighted by atomic mass is 10.1. The van der Waals surface area contributed by atoms with Gasteiger partial charge >= 0.3 is 0 Å². The number of morpholine rings is 1. The highest BCUT2D eigenvalue weighted by atomic mass is 79.9. The van der Waals surface area contributed by atoms with Gasteiger partial charge in [0.05, 0.1) is 12.2 Å². The number of nitrogens with zero attached hydrogens (tertiary/aromatic N) is 1. The van der Waals surface area contributed by atoms with E-state index in [1.165, 1.54) is 5.56 Å². The molecule has 3 nitrogen and oxygen atoms in total. The Kier molecular flexibility index (Phi) is 4.07. The maximum Gasteiger partial charge on any atom is 0.0678 e. The van der Waals surface area contributed by atoms with Crippen molar-refractivity contribution in [3.8, 4) is 0 Å². The van der Waals surface area contributed by atoms with Crippen LogP contribution in [0.15, 0.2) is 22.7 Å². The minimum absolute atomic E-state index is 0.316. The summed E-state index contributed by atoms with van der Waals surface area (Å²) in [6.07, 6.45) is 0.631. The summed E-state index contributed by atoms with van der Waals surface area (Å²) in [6.45, 7) is 7.19. The maximum absolute atomic E-state index is 5.79. The number of hydrogen-bond acceptors (Lipinski definition) is 3. The van der Waals surface area contributed by atoms with E-state index in [0.717, 1.165) is 29.8 Å². The van der Waals surface area contributed by atoms with E-state index < -0.39 is 0 Å². The highest BCUT2D eigenvalue weighted by molar-refractivity contribution is 9.10. The number of benzene rings is 1. The molecule has 17 heavy (non-hydrogen) atoms. The molecule has 0 saturated carbocycles. The Bertz CT molecular complexity index is 387. The molecule has 1 saturated heterocycles. The Morgan fingerprint density at radius 2 is 2.00 bits per heavy atom. The number of halogens is 1. The topological polar surface area (TPSA) is 38.5 Å². The third-order valence-electron chi connectivity index (χ3n) is 2.97. The van der Waals surface area contributed by atoms with Gasteiger partial charge in [-0.25, -0.2) is 0 Å². The molecule has 0 radical (unpaired) electrons. The summed E-state index contributed by atoms with van der Waals surface area (Å²) < 4.78 is 6.70. The second-order valence-electron chi connectivity index (χ2n) is 4.81. The van der Waals surface area contributed by atoms with Crippen LogP contribution in [0.2, 0.25) is 0 Å². The summed E-state index contributed by atoms with van der Waals surface area (Å²) in [4.78, 5) is 2.43. The van der Waals surface area contributed by atoms with Gasteiger partial charge in [-0.1, -0.05) is 6.07 Å². The molecule has 1 aliphatic heterocycles. The zero-order chi connectivity index (χ0) is 12.4. The number of rotatable bonds is 2. The summed E-state index contributed by atoms with van der Waals surface area (Å²) in [6, 6.07) is 6.14. The van der Waals surface area contributed by atoms with Gasteiger partial charge in [-0.15, -0.1) is 0 Å². The first-order chi connectivity index (χ1) is 8.04. The van der Waals surface area contributed by atoms with Crippen molar-refractivity contribution in [2.75, 3.05) is 18.8 Å². The number of nitrogen functional groups attached to an aromatic ring is 1. The van der Waals surface area contributed by atoms with E-state index in [1.807, 2.05) is 6.07 Å². The molecule has 0 aliphatic carbocycles. The number of hydrogen-bond donors (Lipinski definition) is 1. The second-order valence-corrected chi connectivity index (χ2v) is 5.66. The first-order valence-corrected chi connectivity index (χ1v) is 6.75. The van der Waals surface area contributed by atoms with Gasteiger partial charge in [0.2, 0.25) is 0 Å². The van der Waals surface area contributed by atoms with Gasteiger partial charge in [0, 0.05) is 29.8 Å². The fourth-order valence-electron chi connectivity index (χ4n) is 2.34. The van der Waals surface area contributed by atoms with Gasteiger partial charge in [-0.3, -0.25) is 4.90 Å². The molecule has 1 fully saturated rings. The number of anilines is 1. The van der Waals surface area contributed by atoms with Crippen LogP contribution in [0.5, 0.6) is 0 Å². The molecule has 1 aromatic rings. The summed E-state index contributed by atoms with van der Waals surface area (Å²) in [5.41, 5.74) is 7.86. The normalized spacial score (nSPS) is 26.1. The number of nitrogens with two attached hydrogens (primary N) is 1. The predicted octanol–water partition coefficient (Wildman–Crippen LogP) is 2.64. The van der Waals surface area contributed by atoms with Gasteiger partial charge in [0.15, 0.2) is 0 Å². The highest BCUT2D eigenvalue weighted by Crippen LogP contribution is 2.22. The fraction of sp³-hybridized carbons (Fsp3) is 0.538. The van der Waals surface area contributed by atoms with Gasteiger partial charge in [0.25, 0.3) is 0 Å². The molecule has 1 aromatic carbocycles. The van der Waals surface area contributed by atoms with Crippen LogP contribution in [0.25, 0.3) is 0 Å². The van der Waals surface area contributed by atoms with Crippen molar-refractivity contribution in [3.63, 3.8) is 0 Å². The van der Waals surface area contributed by atoms with E-state index in [2.05, 4.69) is 46.8 Å². The van der Waals surface area contributed by atoms with Crippen molar-refractivity contribution < 1.29 is 4.74 Å². The van der Waals surface area contributed by atoms with Crippen LogP contribution in [0.3, 0.4) is 0 Å². The zero-order valence-corrected chi connectivity index (χ0v) is 11.9. The SMILES string of the molecule is C[C@@H]1CN(Cc2ccc(N)c(Br)c2)C[C@H](C)O1. The van der Waals surface area contributed by atoms with E-state index in [0.29, 0.717) is 12.2 Å². The molecule has 0 aromatic heterocycles. The largest absolute Gasteiger partial charge is 0.398 e. The number of ether oxygens (including phenoxy) is 1. The summed E-state index contributed by atoms with van der Waals surface area (Å²) in [7, 11) is 0. The predicted molar refractivity (Wildman–Crippen MR) is 73.8 cm³/mol. The third kappa shape index (κ3) is 3.44. The monoisotopic (exact) mass is 298 g/mol. The Labute approximate surface area is 111 Å². The molecule has 1 aliphatic rings. The molecule has 0 unspecified atom stereocenters. The molecule has 0 bridgehead atoms. The van der Waals surface area contributed by atoms with Crippen molar-refractivity contribution in [3.05, 3.63) is 28.2 Å². The fourth-order valence-corrected chi connectivity index (χ4v) is 2.77.